The van der Waals surface area contributed by atoms with Crippen LogP contribution in [-0.2, 0) is 47.0 Å². The lowest BCUT2D eigenvalue weighted by atomic mass is 9.85. The maximum atomic E-state index is 14.7. The molecule has 0 unspecified atom stereocenters. The standard InChI is InChI=1S/C39H49N5O7S/c1-5-27-19-39(27,37(48)42-52(49,50)30-16-17-30)41-35(46)31-18-28(43-21-25-12-8-10-24-11-9-13-26(22-43)33(24)25)23-44(31)36(47)34(38(2,3)4)40-20-32(45)51-29-14-6-7-15-29/h5-13,27-31,34,40H,1,14-23H2,2-4H3,(H,41,46)(H,42,48)/t27-,28-,31+,34-,39-/m1/s1. The van der Waals surface area contributed by atoms with Gasteiger partial charge < -0.3 is 15.0 Å². The van der Waals surface area contributed by atoms with Crippen molar-refractivity contribution in [3.8, 4) is 0 Å². The molecule has 3 N–H and O–H groups in total. The van der Waals surface area contributed by atoms with E-state index in [1.54, 1.807) is 11.0 Å². The van der Waals surface area contributed by atoms with Gasteiger partial charge in [-0.1, -0.05) is 75.4 Å². The number of likely N-dealkylation sites (tertiary alicyclic amines) is 1. The number of hydrogen-bond acceptors (Lipinski definition) is 9. The Kier molecular flexibility index (Phi) is 9.58. The topological polar surface area (TPSA) is 154 Å². The normalized spacial score (nSPS) is 26.6. The number of sulfonamides is 1. The van der Waals surface area contributed by atoms with Crippen LogP contribution >= 0.6 is 0 Å². The summed E-state index contributed by atoms with van der Waals surface area (Å²) >= 11 is 0. The van der Waals surface area contributed by atoms with Crippen molar-refractivity contribution in [3.63, 3.8) is 0 Å². The lowest BCUT2D eigenvalue weighted by Crippen LogP contribution is -2.60. The van der Waals surface area contributed by atoms with E-state index in [-0.39, 0.29) is 37.6 Å². The van der Waals surface area contributed by atoms with Gasteiger partial charge in [-0.05, 0) is 53.0 Å². The van der Waals surface area contributed by atoms with Crippen LogP contribution in [0.3, 0.4) is 0 Å². The number of amides is 3. The quantitative estimate of drug-likeness (QED) is 0.221. The number of esters is 1. The molecule has 13 heteroatoms. The number of hydrogen-bond donors (Lipinski definition) is 3. The molecule has 2 saturated carbocycles. The number of nitrogens with one attached hydrogen (secondary N) is 3. The molecule has 0 aromatic heterocycles. The highest BCUT2D eigenvalue weighted by Crippen LogP contribution is 2.46. The molecule has 2 heterocycles. The Morgan fingerprint density at radius 1 is 1.04 bits per heavy atom. The van der Waals surface area contributed by atoms with Gasteiger partial charge in [0.25, 0.3) is 5.91 Å². The van der Waals surface area contributed by atoms with Crippen LogP contribution in [0.15, 0.2) is 61.2 Å². The summed E-state index contributed by atoms with van der Waals surface area (Å²) in [6, 6.07) is 10.5. The lowest BCUT2D eigenvalue weighted by molar-refractivity contribution is -0.148. The van der Waals surface area contributed by atoms with Crippen molar-refractivity contribution >= 4 is 44.5 Å². The minimum atomic E-state index is -3.86. The van der Waals surface area contributed by atoms with Crippen LogP contribution in [0.5, 0.6) is 0 Å². The SMILES string of the molecule is C=C[C@@H]1C[C@]1(NC(=O)[C@@H]1C[C@@H](N2Cc3cccc4cccc(c34)C2)CN1C(=O)[C@@H](NCC(=O)OC1CC=CC1)C(C)(C)C)C(=O)NS(=O)(=O)C1CC1. The van der Waals surface area contributed by atoms with Crippen LogP contribution < -0.4 is 15.4 Å². The summed E-state index contributed by atoms with van der Waals surface area (Å²) in [6.45, 7) is 10.9. The first-order valence-corrected chi connectivity index (χ1v) is 19.9. The number of carbonyl (C=O) groups is 4. The van der Waals surface area contributed by atoms with Crippen molar-refractivity contribution in [3.05, 3.63) is 72.3 Å². The molecule has 12 nitrogen and oxygen atoms in total. The first kappa shape index (κ1) is 36.3. The molecular formula is C39H49N5O7S. The maximum Gasteiger partial charge on any atom is 0.320 e. The molecule has 1 saturated heterocycles. The Morgan fingerprint density at radius 2 is 1.69 bits per heavy atom. The summed E-state index contributed by atoms with van der Waals surface area (Å²) in [5, 5.41) is 7.85. The highest BCUT2D eigenvalue weighted by molar-refractivity contribution is 7.91. The fraction of sp³-hybridized carbons (Fsp3) is 0.538. The second-order valence-corrected chi connectivity index (χ2v) is 18.1. The van der Waals surface area contributed by atoms with Crippen LogP contribution in [0.4, 0.5) is 0 Å². The maximum absolute atomic E-state index is 14.7. The van der Waals surface area contributed by atoms with E-state index in [2.05, 4.69) is 51.1 Å². The fourth-order valence-electron chi connectivity index (χ4n) is 8.14. The monoisotopic (exact) mass is 731 g/mol. The van der Waals surface area contributed by atoms with Gasteiger partial charge >= 0.3 is 5.97 Å². The second-order valence-electron chi connectivity index (χ2n) is 16.2. The minimum Gasteiger partial charge on any atom is -0.461 e. The fourth-order valence-corrected chi connectivity index (χ4v) is 9.50. The molecule has 52 heavy (non-hydrogen) atoms. The Labute approximate surface area is 305 Å². The average Bonchev–Trinajstić information content (AvgIpc) is 3.97. The Morgan fingerprint density at radius 3 is 2.27 bits per heavy atom. The van der Waals surface area contributed by atoms with E-state index in [0.717, 1.165) is 0 Å². The molecule has 2 aliphatic heterocycles. The zero-order valence-corrected chi connectivity index (χ0v) is 30.9. The Hall–Kier alpha value is -4.07. The smallest absolute Gasteiger partial charge is 0.320 e. The molecule has 7 rings (SSSR count). The van der Waals surface area contributed by atoms with Crippen molar-refractivity contribution in [1.29, 1.82) is 0 Å². The molecule has 278 valence electrons. The summed E-state index contributed by atoms with van der Waals surface area (Å²) in [7, 11) is -3.86. The number of nitrogens with zero attached hydrogens (tertiary/aromatic N) is 2. The molecule has 0 bridgehead atoms. The van der Waals surface area contributed by atoms with Crippen LogP contribution in [0.2, 0.25) is 0 Å². The van der Waals surface area contributed by atoms with Gasteiger partial charge in [0.15, 0.2) is 0 Å². The van der Waals surface area contributed by atoms with Gasteiger partial charge in [0.05, 0.1) is 17.8 Å². The largest absolute Gasteiger partial charge is 0.461 e. The lowest BCUT2D eigenvalue weighted by Gasteiger charge is -2.36. The van der Waals surface area contributed by atoms with E-state index >= 15 is 0 Å². The highest BCUT2D eigenvalue weighted by atomic mass is 32.2. The second kappa shape index (κ2) is 13.7. The molecular weight excluding hydrogens is 683 g/mol. The van der Waals surface area contributed by atoms with E-state index in [1.165, 1.54) is 21.9 Å². The summed E-state index contributed by atoms with van der Waals surface area (Å²) in [5.74, 6) is -2.56. The Bertz CT molecular complexity index is 1890. The van der Waals surface area contributed by atoms with Gasteiger partial charge in [0, 0.05) is 44.4 Å². The van der Waals surface area contributed by atoms with Crippen molar-refractivity contribution in [2.24, 2.45) is 11.3 Å². The zero-order valence-electron chi connectivity index (χ0n) is 30.1. The molecule has 2 aromatic rings. The van der Waals surface area contributed by atoms with Gasteiger partial charge in [-0.25, -0.2) is 8.42 Å². The van der Waals surface area contributed by atoms with Crippen LogP contribution in [-0.4, -0.2) is 90.0 Å². The molecule has 3 amide bonds. The van der Waals surface area contributed by atoms with Crippen molar-refractivity contribution in [2.75, 3.05) is 13.1 Å². The first-order valence-electron chi connectivity index (χ1n) is 18.3. The van der Waals surface area contributed by atoms with Gasteiger partial charge in [0.2, 0.25) is 21.8 Å². The summed E-state index contributed by atoms with van der Waals surface area (Å²) in [5.41, 5.74) is 0.228. The third-order valence-corrected chi connectivity index (χ3v) is 13.1. The number of carbonyl (C=O) groups excluding carboxylic acids is 4. The van der Waals surface area contributed by atoms with Crippen molar-refractivity contribution in [2.45, 2.75) is 107 Å². The van der Waals surface area contributed by atoms with E-state index in [0.29, 0.717) is 45.2 Å². The molecule has 0 radical (unpaired) electrons. The summed E-state index contributed by atoms with van der Waals surface area (Å²) in [6.07, 6.45) is 8.09. The van der Waals surface area contributed by atoms with Crippen LogP contribution in [0.1, 0.15) is 70.4 Å². The number of ether oxygens (including phenoxy) is 1. The van der Waals surface area contributed by atoms with Crippen LogP contribution in [0.25, 0.3) is 10.8 Å². The van der Waals surface area contributed by atoms with Gasteiger partial charge in [-0.2, -0.15) is 0 Å². The predicted molar refractivity (Wildman–Crippen MR) is 196 cm³/mol. The molecule has 0 spiro atoms. The number of rotatable bonds is 12. The number of benzene rings is 2. The van der Waals surface area contributed by atoms with Gasteiger partial charge in [-0.3, -0.25) is 34.1 Å². The predicted octanol–water partition coefficient (Wildman–Crippen LogP) is 3.06. The third-order valence-electron chi connectivity index (χ3n) is 11.3. The molecule has 3 aliphatic carbocycles. The Balaban J connectivity index is 1.14. The minimum absolute atomic E-state index is 0.176. The van der Waals surface area contributed by atoms with E-state index in [4.69, 9.17) is 4.74 Å². The van der Waals surface area contributed by atoms with Crippen molar-refractivity contribution in [1.82, 2.24) is 25.2 Å². The van der Waals surface area contributed by atoms with Crippen LogP contribution in [0, 0.1) is 11.3 Å². The van der Waals surface area contributed by atoms with E-state index in [9.17, 15) is 27.6 Å². The first-order chi connectivity index (χ1) is 24.7. The molecule has 3 fully saturated rings. The van der Waals surface area contributed by atoms with E-state index in [1.807, 2.05) is 45.1 Å². The summed E-state index contributed by atoms with van der Waals surface area (Å²) < 4.78 is 33.3. The van der Waals surface area contributed by atoms with Crippen molar-refractivity contribution < 1.29 is 32.3 Å². The van der Waals surface area contributed by atoms with E-state index < -0.39 is 62.0 Å². The molecule has 5 aliphatic rings. The van der Waals surface area contributed by atoms with Gasteiger partial charge in [0.1, 0.15) is 17.7 Å². The van der Waals surface area contributed by atoms with Gasteiger partial charge in [-0.15, -0.1) is 6.58 Å². The molecule has 5 atom stereocenters. The molecule has 2 aromatic carbocycles. The zero-order chi connectivity index (χ0) is 37.0. The summed E-state index contributed by atoms with van der Waals surface area (Å²) in [4.78, 5) is 59.3. The highest BCUT2D eigenvalue weighted by Gasteiger charge is 2.62. The average molecular weight is 732 g/mol. The third kappa shape index (κ3) is 7.14.